The second-order valence-electron chi connectivity index (χ2n) is 6.45. The number of hydrogen-bond acceptors (Lipinski definition) is 7. The van der Waals surface area contributed by atoms with Crippen molar-refractivity contribution < 1.29 is 53.8 Å². The Kier molecular flexibility index (Phi) is 22.6. The number of rotatable bonds is 12. The fourth-order valence-electron chi connectivity index (χ4n) is 2.44. The molecule has 0 aromatic heterocycles. The van der Waals surface area contributed by atoms with Gasteiger partial charge in [-0.1, -0.05) is 28.0 Å². The molecular formula is C17H31N2NaO5S4. The molecule has 29 heavy (non-hydrogen) atoms. The minimum atomic E-state index is -1.29. The number of carbonyl (C=O) groups excluding carboxylic acids is 4. The first-order valence-electron chi connectivity index (χ1n) is 8.88. The number of carbonyl (C=O) groups is 4. The van der Waals surface area contributed by atoms with Gasteiger partial charge >= 0.3 is 29.6 Å². The smallest absolute Gasteiger partial charge is 0.550 e. The Labute approximate surface area is 217 Å². The van der Waals surface area contributed by atoms with Crippen molar-refractivity contribution in [2.75, 3.05) is 5.75 Å². The van der Waals surface area contributed by atoms with Crippen LogP contribution in [0.25, 0.3) is 0 Å². The standard InChI is InChI=1S/C17H28N2O5S2.Na.2H2S/c1-11(12(2)20)18-17(24)14(7-8-16(22)23)19-15(21)6-4-3-5-13-9-10-25-26-13;;;/h11,13-14H,3-10H2,1-2H3,(H,18,24)(H,19,21)(H,22,23);;2*1H2/q;+1;;/p-1/t11-,13+,14-;;;/m0.../s1. The van der Waals surface area contributed by atoms with Crippen LogP contribution in [0.1, 0.15) is 58.8 Å². The third-order valence-electron chi connectivity index (χ3n) is 4.16. The van der Waals surface area contributed by atoms with E-state index in [1.165, 1.54) is 26.0 Å². The Hall–Kier alpha value is 0.480. The largest absolute Gasteiger partial charge is 1.00 e. The maximum Gasteiger partial charge on any atom is 1.00 e. The maximum atomic E-state index is 12.2. The number of nitrogens with one attached hydrogen (secondary N) is 2. The van der Waals surface area contributed by atoms with E-state index in [4.69, 9.17) is 0 Å². The number of hydrogen-bond donors (Lipinski definition) is 2. The Bertz CT molecular complexity index is 522. The molecule has 1 heterocycles. The number of Topliss-reactive ketones (excluding diaryl/α,β-unsaturated/α-hetero) is 1. The quantitative estimate of drug-likeness (QED) is 0.184. The maximum absolute atomic E-state index is 12.2. The normalized spacial score (nSPS) is 16.8. The van der Waals surface area contributed by atoms with Crippen molar-refractivity contribution in [3.05, 3.63) is 0 Å². The summed E-state index contributed by atoms with van der Waals surface area (Å²) in [5, 5.41) is 16.4. The zero-order valence-corrected chi connectivity index (χ0v) is 22.9. The van der Waals surface area contributed by atoms with E-state index in [-0.39, 0.29) is 81.1 Å². The van der Waals surface area contributed by atoms with Crippen LogP contribution >= 0.6 is 48.6 Å². The van der Waals surface area contributed by atoms with Gasteiger partial charge in [-0.3, -0.25) is 14.4 Å². The summed E-state index contributed by atoms with van der Waals surface area (Å²) in [4.78, 5) is 46.2. The molecule has 0 aromatic rings. The summed E-state index contributed by atoms with van der Waals surface area (Å²) < 4.78 is 0. The van der Waals surface area contributed by atoms with Gasteiger partial charge in [0.05, 0.1) is 6.04 Å². The minimum absolute atomic E-state index is 0. The van der Waals surface area contributed by atoms with Gasteiger partial charge in [0.15, 0.2) is 5.78 Å². The van der Waals surface area contributed by atoms with E-state index in [2.05, 4.69) is 10.6 Å². The van der Waals surface area contributed by atoms with Gasteiger partial charge in [-0.25, -0.2) is 0 Å². The molecule has 0 aromatic carbocycles. The van der Waals surface area contributed by atoms with Crippen molar-refractivity contribution in [2.45, 2.75) is 76.1 Å². The van der Waals surface area contributed by atoms with Crippen LogP contribution in [-0.2, 0) is 19.2 Å². The van der Waals surface area contributed by atoms with Gasteiger partial charge in [0.1, 0.15) is 6.04 Å². The molecule has 2 amide bonds. The number of aliphatic carboxylic acids is 1. The van der Waals surface area contributed by atoms with Crippen molar-refractivity contribution in [2.24, 2.45) is 0 Å². The van der Waals surface area contributed by atoms with Crippen molar-refractivity contribution in [3.63, 3.8) is 0 Å². The fraction of sp³-hybridized carbons (Fsp3) is 0.765. The van der Waals surface area contributed by atoms with Gasteiger partial charge in [0.2, 0.25) is 11.8 Å². The molecule has 0 bridgehead atoms. The van der Waals surface area contributed by atoms with E-state index in [1.54, 1.807) is 0 Å². The summed E-state index contributed by atoms with van der Waals surface area (Å²) in [6, 6.07) is -1.67. The monoisotopic (exact) mass is 494 g/mol. The molecule has 0 unspecified atom stereocenters. The van der Waals surface area contributed by atoms with Gasteiger partial charge in [-0.15, -0.1) is 0 Å². The van der Waals surface area contributed by atoms with Crippen molar-refractivity contribution in [3.8, 4) is 0 Å². The topological polar surface area (TPSA) is 115 Å². The van der Waals surface area contributed by atoms with Gasteiger partial charge < -0.3 is 20.5 Å². The Morgan fingerprint density at radius 3 is 2.28 bits per heavy atom. The van der Waals surface area contributed by atoms with Crippen LogP contribution < -0.4 is 45.3 Å². The molecular weight excluding hydrogens is 463 g/mol. The molecule has 0 aliphatic carbocycles. The number of unbranched alkanes of at least 4 members (excludes halogenated alkanes) is 1. The number of carboxylic acid groups (broad SMARTS) is 1. The molecule has 2 N–H and O–H groups in total. The summed E-state index contributed by atoms with van der Waals surface area (Å²) in [5.41, 5.74) is 0. The zero-order valence-electron chi connectivity index (χ0n) is 17.2. The summed E-state index contributed by atoms with van der Waals surface area (Å²) in [6.07, 6.45) is 3.85. The predicted molar refractivity (Wildman–Crippen MR) is 122 cm³/mol. The fourth-order valence-corrected chi connectivity index (χ4v) is 5.46. The summed E-state index contributed by atoms with van der Waals surface area (Å²) in [5.74, 6) is -1.16. The summed E-state index contributed by atoms with van der Waals surface area (Å²) >= 11 is 0. The van der Waals surface area contributed by atoms with E-state index in [0.29, 0.717) is 11.7 Å². The molecule has 1 rings (SSSR count). The van der Waals surface area contributed by atoms with Crippen LogP contribution in [0.3, 0.4) is 0 Å². The van der Waals surface area contributed by atoms with Gasteiger partial charge in [0.25, 0.3) is 0 Å². The van der Waals surface area contributed by atoms with E-state index >= 15 is 0 Å². The number of amides is 2. The first-order valence-corrected chi connectivity index (χ1v) is 11.3. The van der Waals surface area contributed by atoms with Crippen LogP contribution in [0, 0.1) is 0 Å². The molecule has 3 atom stereocenters. The van der Waals surface area contributed by atoms with E-state index < -0.39 is 24.0 Å². The average Bonchev–Trinajstić information content (AvgIpc) is 3.08. The molecule has 12 heteroatoms. The third-order valence-corrected chi connectivity index (χ3v) is 7.17. The van der Waals surface area contributed by atoms with Gasteiger partial charge in [-0.05, 0) is 46.0 Å². The second kappa shape index (κ2) is 19.2. The Morgan fingerprint density at radius 1 is 1.10 bits per heavy atom. The molecule has 164 valence electrons. The predicted octanol–water partition coefficient (Wildman–Crippen LogP) is -1.96. The van der Waals surface area contributed by atoms with Crippen LogP contribution in [0.2, 0.25) is 0 Å². The van der Waals surface area contributed by atoms with Crippen LogP contribution in [0.4, 0.5) is 0 Å². The first kappa shape index (κ1) is 34.1. The third kappa shape index (κ3) is 15.9. The molecule has 7 nitrogen and oxygen atoms in total. The molecule has 1 aliphatic rings. The molecule has 0 saturated carbocycles. The Morgan fingerprint density at radius 2 is 1.76 bits per heavy atom. The summed E-state index contributed by atoms with van der Waals surface area (Å²) in [7, 11) is 3.80. The first-order chi connectivity index (χ1) is 12.3. The average molecular weight is 495 g/mol. The van der Waals surface area contributed by atoms with Gasteiger partial charge in [0, 0.05) is 23.4 Å². The summed E-state index contributed by atoms with van der Waals surface area (Å²) in [6.45, 7) is 2.89. The van der Waals surface area contributed by atoms with Crippen LogP contribution in [0.5, 0.6) is 0 Å². The number of ketones is 1. The van der Waals surface area contributed by atoms with Crippen LogP contribution in [0.15, 0.2) is 0 Å². The van der Waals surface area contributed by atoms with Crippen molar-refractivity contribution in [1.82, 2.24) is 10.6 Å². The van der Waals surface area contributed by atoms with Crippen LogP contribution in [-0.4, -0.2) is 46.7 Å². The van der Waals surface area contributed by atoms with E-state index in [1.807, 2.05) is 21.6 Å². The minimum Gasteiger partial charge on any atom is -0.550 e. The second-order valence-corrected chi connectivity index (χ2v) is 9.23. The zero-order chi connectivity index (χ0) is 19.5. The Balaban J connectivity index is -0.00000225. The molecule has 1 aliphatic heterocycles. The van der Waals surface area contributed by atoms with Crippen molar-refractivity contribution in [1.29, 1.82) is 0 Å². The molecule has 0 radical (unpaired) electrons. The molecule has 1 fully saturated rings. The van der Waals surface area contributed by atoms with E-state index in [9.17, 15) is 24.3 Å². The molecule has 1 saturated heterocycles. The SMILES string of the molecule is CC(=O)[C@H](C)NC(=O)[C@H](CCC(=O)[O-])NC(=O)CCCC[C@@H]1CCSS1.S.S.[Na+]. The van der Waals surface area contributed by atoms with Gasteiger partial charge in [-0.2, -0.15) is 27.0 Å². The number of carboxylic acids is 1. The van der Waals surface area contributed by atoms with E-state index in [0.717, 1.165) is 19.3 Å². The van der Waals surface area contributed by atoms with Crippen molar-refractivity contribution >= 4 is 72.1 Å². The molecule has 0 spiro atoms.